The summed E-state index contributed by atoms with van der Waals surface area (Å²) in [6.07, 6.45) is 1.83. The fourth-order valence-corrected chi connectivity index (χ4v) is 4.07. The van der Waals surface area contributed by atoms with Crippen molar-refractivity contribution in [2.75, 3.05) is 12.3 Å². The molecule has 0 spiro atoms. The molecule has 9 heteroatoms. The molecule has 7 nitrogen and oxygen atoms in total. The normalized spacial score (nSPS) is 12.8. The molecule has 1 amide bonds. The molecule has 0 radical (unpaired) electrons. The van der Waals surface area contributed by atoms with Gasteiger partial charge < -0.3 is 26.6 Å². The van der Waals surface area contributed by atoms with Crippen LogP contribution < -0.4 is 16.4 Å². The number of benzene rings is 2. The van der Waals surface area contributed by atoms with Gasteiger partial charge in [0, 0.05) is 41.5 Å². The Morgan fingerprint density at radius 3 is 2.65 bits per heavy atom. The monoisotopic (exact) mass is 502 g/mol. The number of rotatable bonds is 10. The zero-order chi connectivity index (χ0) is 24.7. The zero-order valence-corrected chi connectivity index (χ0v) is 20.3. The zero-order valence-electron chi connectivity index (χ0n) is 18.8. The number of nitrogens with one attached hydrogen (secondary N) is 2. The van der Waals surface area contributed by atoms with Gasteiger partial charge in [-0.05, 0) is 42.7 Å². The molecule has 34 heavy (non-hydrogen) atoms. The van der Waals surface area contributed by atoms with Crippen molar-refractivity contribution in [1.82, 2.24) is 15.6 Å². The molecule has 1 aromatic heterocycles. The third-order valence-corrected chi connectivity index (χ3v) is 5.84. The van der Waals surface area contributed by atoms with E-state index in [2.05, 4.69) is 15.6 Å². The van der Waals surface area contributed by atoms with Crippen LogP contribution in [-0.2, 0) is 24.2 Å². The Balaban J connectivity index is 1.49. The number of anilines is 1. The van der Waals surface area contributed by atoms with Gasteiger partial charge in [0.05, 0.1) is 17.5 Å². The van der Waals surface area contributed by atoms with Gasteiger partial charge in [-0.3, -0.25) is 4.79 Å². The lowest BCUT2D eigenvalue weighted by Gasteiger charge is -2.18. The molecule has 2 atom stereocenters. The summed E-state index contributed by atoms with van der Waals surface area (Å²) in [7, 11) is 0. The number of aromatic hydroxyl groups is 1. The van der Waals surface area contributed by atoms with E-state index in [0.717, 1.165) is 17.5 Å². The summed E-state index contributed by atoms with van der Waals surface area (Å²) >= 11 is 11.9. The number of aromatic nitrogens is 1. The third kappa shape index (κ3) is 7.60. The average molecular weight is 503 g/mol. The second-order valence-corrected chi connectivity index (χ2v) is 9.06. The van der Waals surface area contributed by atoms with Crippen LogP contribution in [0.5, 0.6) is 5.75 Å². The van der Waals surface area contributed by atoms with Crippen LogP contribution in [0.4, 0.5) is 5.82 Å². The van der Waals surface area contributed by atoms with Crippen molar-refractivity contribution in [1.29, 1.82) is 0 Å². The van der Waals surface area contributed by atoms with Crippen LogP contribution in [0.2, 0.25) is 10.0 Å². The molecule has 0 unspecified atom stereocenters. The number of nitrogens with zero attached hydrogens (tertiary/aromatic N) is 1. The summed E-state index contributed by atoms with van der Waals surface area (Å²) in [5.41, 5.74) is 8.70. The van der Waals surface area contributed by atoms with Crippen LogP contribution >= 0.6 is 23.2 Å². The van der Waals surface area contributed by atoms with E-state index in [4.69, 9.17) is 28.9 Å². The van der Waals surface area contributed by atoms with E-state index < -0.39 is 6.10 Å². The Bertz CT molecular complexity index is 1130. The Morgan fingerprint density at radius 1 is 1.15 bits per heavy atom. The molecule has 1 heterocycles. The standard InChI is InChI=1S/C25H28Cl2N4O3/c1-15(29-14-22(32)18-5-6-23(28)30-12-18)7-16-3-2-4-17(8-16)9-24(33)31-13-19-10-20(26)11-21(27)25(19)34/h2-6,8,10-12,15,22,29,32,34H,7,9,13-14H2,1H3,(H2,28,30)(H,31,33)/t15-,22-/m1/s1. The van der Waals surface area contributed by atoms with Gasteiger partial charge in [-0.1, -0.05) is 53.5 Å². The van der Waals surface area contributed by atoms with Crippen molar-refractivity contribution in [3.05, 3.63) is 87.0 Å². The number of amides is 1. The lowest BCUT2D eigenvalue weighted by atomic mass is 10.0. The van der Waals surface area contributed by atoms with E-state index in [1.54, 1.807) is 24.4 Å². The number of aliphatic hydroxyl groups excluding tert-OH is 1. The number of nitrogens with two attached hydrogens (primary N) is 1. The minimum atomic E-state index is -0.681. The highest BCUT2D eigenvalue weighted by Crippen LogP contribution is 2.31. The van der Waals surface area contributed by atoms with Crippen LogP contribution in [0.25, 0.3) is 0 Å². The Kier molecular flexibility index (Phi) is 9.12. The molecule has 180 valence electrons. The predicted octanol–water partition coefficient (Wildman–Crippen LogP) is 3.79. The molecular weight excluding hydrogens is 475 g/mol. The van der Waals surface area contributed by atoms with E-state index in [0.29, 0.717) is 28.5 Å². The summed E-state index contributed by atoms with van der Waals surface area (Å²) in [6, 6.07) is 14.4. The van der Waals surface area contributed by atoms with E-state index in [1.165, 1.54) is 6.07 Å². The Labute approximate surface area is 208 Å². The number of carbonyl (C=O) groups excluding carboxylic acids is 1. The number of phenols is 1. The maximum atomic E-state index is 12.4. The first kappa shape index (κ1) is 25.8. The number of hydrogen-bond acceptors (Lipinski definition) is 6. The lowest BCUT2D eigenvalue weighted by molar-refractivity contribution is -0.120. The summed E-state index contributed by atoms with van der Waals surface area (Å²) in [4.78, 5) is 16.4. The number of nitrogen functional groups attached to an aromatic ring is 1. The second-order valence-electron chi connectivity index (χ2n) is 8.21. The van der Waals surface area contributed by atoms with Crippen LogP contribution in [-0.4, -0.2) is 33.7 Å². The minimum Gasteiger partial charge on any atom is -0.506 e. The number of phenolic OH excluding ortho intramolecular Hbond substituents is 1. The first-order valence-corrected chi connectivity index (χ1v) is 11.6. The van der Waals surface area contributed by atoms with E-state index in [-0.39, 0.29) is 35.7 Å². The van der Waals surface area contributed by atoms with Gasteiger partial charge in [0.1, 0.15) is 11.6 Å². The highest BCUT2D eigenvalue weighted by molar-refractivity contribution is 6.35. The van der Waals surface area contributed by atoms with Gasteiger partial charge >= 0.3 is 0 Å². The van der Waals surface area contributed by atoms with Gasteiger partial charge in [0.25, 0.3) is 0 Å². The summed E-state index contributed by atoms with van der Waals surface area (Å²) in [5.74, 6) is 0.143. The van der Waals surface area contributed by atoms with Crippen molar-refractivity contribution in [2.45, 2.75) is 38.5 Å². The van der Waals surface area contributed by atoms with E-state index >= 15 is 0 Å². The van der Waals surface area contributed by atoms with Crippen molar-refractivity contribution < 1.29 is 15.0 Å². The van der Waals surface area contributed by atoms with Crippen LogP contribution in [0, 0.1) is 0 Å². The smallest absolute Gasteiger partial charge is 0.224 e. The number of aliphatic hydroxyl groups is 1. The maximum Gasteiger partial charge on any atom is 0.224 e. The fraction of sp³-hybridized carbons (Fsp3) is 0.280. The van der Waals surface area contributed by atoms with Crippen molar-refractivity contribution >= 4 is 34.9 Å². The van der Waals surface area contributed by atoms with Gasteiger partial charge in [0.2, 0.25) is 5.91 Å². The summed E-state index contributed by atoms with van der Waals surface area (Å²) in [6.45, 7) is 2.54. The quantitative estimate of drug-likeness (QED) is 0.287. The second kappa shape index (κ2) is 12.0. The van der Waals surface area contributed by atoms with Crippen LogP contribution in [0.1, 0.15) is 35.3 Å². The molecule has 3 rings (SSSR count). The molecule has 3 aromatic rings. The summed E-state index contributed by atoms with van der Waals surface area (Å²) < 4.78 is 0. The lowest BCUT2D eigenvalue weighted by Crippen LogP contribution is -2.32. The molecule has 2 aromatic carbocycles. The number of hydrogen-bond donors (Lipinski definition) is 5. The molecule has 6 N–H and O–H groups in total. The highest BCUT2D eigenvalue weighted by atomic mass is 35.5. The molecule has 0 bridgehead atoms. The Hall–Kier alpha value is -2.84. The van der Waals surface area contributed by atoms with E-state index in [1.807, 2.05) is 31.2 Å². The Morgan fingerprint density at radius 2 is 1.91 bits per heavy atom. The predicted molar refractivity (Wildman–Crippen MR) is 135 cm³/mol. The third-order valence-electron chi connectivity index (χ3n) is 5.33. The molecule has 0 saturated carbocycles. The largest absolute Gasteiger partial charge is 0.506 e. The van der Waals surface area contributed by atoms with Crippen molar-refractivity contribution in [3.63, 3.8) is 0 Å². The first-order valence-electron chi connectivity index (χ1n) is 10.9. The number of pyridine rings is 1. The maximum absolute atomic E-state index is 12.4. The molecule has 0 fully saturated rings. The van der Waals surface area contributed by atoms with Gasteiger partial charge in [-0.2, -0.15) is 0 Å². The van der Waals surface area contributed by atoms with Crippen molar-refractivity contribution in [2.24, 2.45) is 0 Å². The topological polar surface area (TPSA) is 120 Å². The number of carbonyl (C=O) groups is 1. The molecular formula is C25H28Cl2N4O3. The molecule has 0 aliphatic heterocycles. The number of halogens is 2. The average Bonchev–Trinajstić information content (AvgIpc) is 2.79. The van der Waals surface area contributed by atoms with Gasteiger partial charge in [0.15, 0.2) is 0 Å². The van der Waals surface area contributed by atoms with E-state index in [9.17, 15) is 15.0 Å². The minimum absolute atomic E-state index is 0.0902. The van der Waals surface area contributed by atoms with Gasteiger partial charge in [-0.25, -0.2) is 4.98 Å². The fourth-order valence-electron chi connectivity index (χ4n) is 3.53. The molecule has 0 saturated heterocycles. The first-order chi connectivity index (χ1) is 16.2. The molecule has 0 aliphatic carbocycles. The van der Waals surface area contributed by atoms with Crippen molar-refractivity contribution in [3.8, 4) is 5.75 Å². The summed E-state index contributed by atoms with van der Waals surface area (Å²) in [5, 5.41) is 27.0. The van der Waals surface area contributed by atoms with Gasteiger partial charge in [-0.15, -0.1) is 0 Å². The van der Waals surface area contributed by atoms with Crippen LogP contribution in [0.3, 0.4) is 0 Å². The highest BCUT2D eigenvalue weighted by Gasteiger charge is 2.12. The SMILES string of the molecule is C[C@H](Cc1cccc(CC(=O)NCc2cc(Cl)cc(Cl)c2O)c1)NC[C@@H](O)c1ccc(N)nc1. The van der Waals surface area contributed by atoms with Crippen LogP contribution in [0.15, 0.2) is 54.7 Å². The molecule has 0 aliphatic rings.